The van der Waals surface area contributed by atoms with Crippen molar-refractivity contribution in [1.82, 2.24) is 20.4 Å². The maximum absolute atomic E-state index is 12.5. The standard InChI is InChI=1S/C15H15N5O4S/c1-15(8-4-5-8)12(22)20(14(23)17-15)7-10(21)16-13-19-18-11(25-13)9-3-2-6-24-9/h2-3,6,8H,4-5,7H2,1H3,(H,17,23)(H,16,19,21). The summed E-state index contributed by atoms with van der Waals surface area (Å²) in [7, 11) is 0. The van der Waals surface area contributed by atoms with Gasteiger partial charge in [-0.05, 0) is 37.8 Å². The minimum atomic E-state index is -0.896. The number of anilines is 1. The molecule has 1 saturated carbocycles. The number of nitrogens with one attached hydrogen (secondary N) is 2. The summed E-state index contributed by atoms with van der Waals surface area (Å²) < 4.78 is 5.21. The Labute approximate surface area is 146 Å². The number of hydrogen-bond donors (Lipinski definition) is 2. The summed E-state index contributed by atoms with van der Waals surface area (Å²) in [4.78, 5) is 37.7. The lowest BCUT2D eigenvalue weighted by Gasteiger charge is -2.20. The van der Waals surface area contributed by atoms with E-state index in [4.69, 9.17) is 4.42 Å². The number of amides is 4. The van der Waals surface area contributed by atoms with E-state index in [-0.39, 0.29) is 23.5 Å². The second-order valence-electron chi connectivity index (χ2n) is 6.24. The van der Waals surface area contributed by atoms with Crippen molar-refractivity contribution in [3.8, 4) is 10.8 Å². The minimum Gasteiger partial charge on any atom is -0.462 e. The van der Waals surface area contributed by atoms with Crippen LogP contribution in [0.25, 0.3) is 10.8 Å². The Balaban J connectivity index is 1.41. The summed E-state index contributed by atoms with van der Waals surface area (Å²) in [6.07, 6.45) is 3.33. The Morgan fingerprint density at radius 1 is 1.48 bits per heavy atom. The second-order valence-corrected chi connectivity index (χ2v) is 7.21. The third kappa shape index (κ3) is 2.78. The van der Waals surface area contributed by atoms with Crippen molar-refractivity contribution in [2.45, 2.75) is 25.3 Å². The molecule has 4 rings (SSSR count). The summed E-state index contributed by atoms with van der Waals surface area (Å²) in [5.41, 5.74) is -0.896. The van der Waals surface area contributed by atoms with Gasteiger partial charge in [-0.1, -0.05) is 11.3 Å². The van der Waals surface area contributed by atoms with Crippen LogP contribution in [0.3, 0.4) is 0 Å². The molecule has 1 atom stereocenters. The zero-order valence-corrected chi connectivity index (χ0v) is 14.1. The summed E-state index contributed by atoms with van der Waals surface area (Å²) in [5, 5.41) is 13.8. The van der Waals surface area contributed by atoms with Crippen LogP contribution in [-0.4, -0.2) is 45.0 Å². The van der Waals surface area contributed by atoms with E-state index < -0.39 is 17.5 Å². The van der Waals surface area contributed by atoms with Crippen molar-refractivity contribution in [2.75, 3.05) is 11.9 Å². The molecule has 2 aliphatic rings. The molecule has 25 heavy (non-hydrogen) atoms. The molecular formula is C15H15N5O4S. The Hall–Kier alpha value is -2.75. The molecule has 2 aromatic rings. The summed E-state index contributed by atoms with van der Waals surface area (Å²) >= 11 is 1.14. The van der Waals surface area contributed by atoms with Crippen molar-refractivity contribution in [1.29, 1.82) is 0 Å². The zero-order chi connectivity index (χ0) is 17.6. The van der Waals surface area contributed by atoms with Crippen LogP contribution in [0.2, 0.25) is 0 Å². The maximum atomic E-state index is 12.5. The molecule has 2 N–H and O–H groups in total. The Kier molecular flexibility index (Phi) is 3.57. The van der Waals surface area contributed by atoms with Gasteiger partial charge in [0.15, 0.2) is 10.8 Å². The van der Waals surface area contributed by atoms with E-state index in [9.17, 15) is 14.4 Å². The van der Waals surface area contributed by atoms with E-state index in [1.807, 2.05) is 0 Å². The first-order chi connectivity index (χ1) is 12.0. The maximum Gasteiger partial charge on any atom is 0.325 e. The van der Waals surface area contributed by atoms with Gasteiger partial charge in [0, 0.05) is 0 Å². The number of nitrogens with zero attached hydrogens (tertiary/aromatic N) is 3. The molecule has 1 unspecified atom stereocenters. The van der Waals surface area contributed by atoms with Gasteiger partial charge in [0.05, 0.1) is 6.26 Å². The lowest BCUT2D eigenvalue weighted by atomic mass is 9.96. The molecule has 4 amide bonds. The van der Waals surface area contributed by atoms with Gasteiger partial charge >= 0.3 is 6.03 Å². The first kappa shape index (κ1) is 15.8. The van der Waals surface area contributed by atoms with Gasteiger partial charge in [-0.3, -0.25) is 19.8 Å². The number of imide groups is 1. The van der Waals surface area contributed by atoms with Crippen LogP contribution in [0.4, 0.5) is 9.93 Å². The van der Waals surface area contributed by atoms with E-state index in [0.29, 0.717) is 10.8 Å². The largest absolute Gasteiger partial charge is 0.462 e. The molecule has 2 fully saturated rings. The fraction of sp³-hybridized carbons (Fsp3) is 0.400. The molecule has 0 aromatic carbocycles. The van der Waals surface area contributed by atoms with Gasteiger partial charge < -0.3 is 9.73 Å². The quantitative estimate of drug-likeness (QED) is 0.779. The molecule has 2 aromatic heterocycles. The highest BCUT2D eigenvalue weighted by Crippen LogP contribution is 2.42. The van der Waals surface area contributed by atoms with Crippen LogP contribution in [0.15, 0.2) is 22.8 Å². The molecule has 9 nitrogen and oxygen atoms in total. The van der Waals surface area contributed by atoms with Gasteiger partial charge in [0.2, 0.25) is 11.0 Å². The first-order valence-corrected chi connectivity index (χ1v) is 8.60. The Morgan fingerprint density at radius 2 is 2.28 bits per heavy atom. The van der Waals surface area contributed by atoms with Crippen molar-refractivity contribution in [3.63, 3.8) is 0 Å². The highest BCUT2D eigenvalue weighted by molar-refractivity contribution is 7.18. The lowest BCUT2D eigenvalue weighted by molar-refractivity contribution is -0.134. The van der Waals surface area contributed by atoms with Gasteiger partial charge in [-0.2, -0.15) is 0 Å². The predicted octanol–water partition coefficient (Wildman–Crippen LogP) is 1.46. The Bertz CT molecular complexity index is 844. The smallest absolute Gasteiger partial charge is 0.325 e. The molecule has 10 heteroatoms. The number of hydrogen-bond acceptors (Lipinski definition) is 7. The van der Waals surface area contributed by atoms with Crippen LogP contribution in [-0.2, 0) is 9.59 Å². The van der Waals surface area contributed by atoms with Gasteiger partial charge in [0.1, 0.15) is 12.1 Å². The number of carbonyl (C=O) groups excluding carboxylic acids is 3. The van der Waals surface area contributed by atoms with Crippen molar-refractivity contribution >= 4 is 34.3 Å². The van der Waals surface area contributed by atoms with Crippen molar-refractivity contribution < 1.29 is 18.8 Å². The van der Waals surface area contributed by atoms with Crippen LogP contribution in [0.5, 0.6) is 0 Å². The van der Waals surface area contributed by atoms with E-state index in [2.05, 4.69) is 20.8 Å². The van der Waals surface area contributed by atoms with Crippen LogP contribution < -0.4 is 10.6 Å². The molecule has 130 valence electrons. The fourth-order valence-corrected chi connectivity index (χ4v) is 3.60. The molecule has 0 bridgehead atoms. The normalized spacial score (nSPS) is 23.0. The average molecular weight is 361 g/mol. The van der Waals surface area contributed by atoms with E-state index in [0.717, 1.165) is 29.1 Å². The highest BCUT2D eigenvalue weighted by atomic mass is 32.1. The number of urea groups is 1. The molecule has 1 aliphatic carbocycles. The Morgan fingerprint density at radius 3 is 2.96 bits per heavy atom. The lowest BCUT2D eigenvalue weighted by Crippen LogP contribution is -2.46. The van der Waals surface area contributed by atoms with Crippen LogP contribution in [0.1, 0.15) is 19.8 Å². The number of carbonyl (C=O) groups is 3. The molecule has 0 spiro atoms. The topological polar surface area (TPSA) is 117 Å². The zero-order valence-electron chi connectivity index (χ0n) is 13.3. The third-order valence-corrected chi connectivity index (χ3v) is 5.25. The fourth-order valence-electron chi connectivity index (χ4n) is 2.87. The van der Waals surface area contributed by atoms with E-state index >= 15 is 0 Å². The molecule has 1 saturated heterocycles. The van der Waals surface area contributed by atoms with E-state index in [1.54, 1.807) is 19.1 Å². The molecule has 3 heterocycles. The van der Waals surface area contributed by atoms with E-state index in [1.165, 1.54) is 6.26 Å². The minimum absolute atomic E-state index is 0.149. The van der Waals surface area contributed by atoms with Crippen molar-refractivity contribution in [3.05, 3.63) is 18.4 Å². The third-order valence-electron chi connectivity index (χ3n) is 4.40. The predicted molar refractivity (Wildman–Crippen MR) is 87.6 cm³/mol. The highest BCUT2D eigenvalue weighted by Gasteiger charge is 2.56. The van der Waals surface area contributed by atoms with Gasteiger partial charge in [-0.15, -0.1) is 10.2 Å². The number of furan rings is 1. The van der Waals surface area contributed by atoms with Gasteiger partial charge in [0.25, 0.3) is 5.91 Å². The average Bonchev–Trinajstić information content (AvgIpc) is 3.02. The number of aromatic nitrogens is 2. The summed E-state index contributed by atoms with van der Waals surface area (Å²) in [6, 6.07) is 2.92. The first-order valence-electron chi connectivity index (χ1n) is 7.79. The number of rotatable bonds is 5. The molecule has 0 radical (unpaired) electrons. The molecule has 1 aliphatic heterocycles. The van der Waals surface area contributed by atoms with Crippen molar-refractivity contribution in [2.24, 2.45) is 5.92 Å². The monoisotopic (exact) mass is 361 g/mol. The van der Waals surface area contributed by atoms with Crippen LogP contribution in [0, 0.1) is 5.92 Å². The van der Waals surface area contributed by atoms with Gasteiger partial charge in [-0.25, -0.2) is 4.79 Å². The van der Waals surface area contributed by atoms with Crippen LogP contribution >= 0.6 is 11.3 Å². The SMILES string of the molecule is CC1(C2CC2)NC(=O)N(CC(=O)Nc2nnc(-c3ccco3)s2)C1=O. The summed E-state index contributed by atoms with van der Waals surface area (Å²) in [6.45, 7) is 1.35. The molecular weight excluding hydrogens is 346 g/mol. The second kappa shape index (κ2) is 5.66. The summed E-state index contributed by atoms with van der Waals surface area (Å²) in [5.74, 6) is -0.169.